The third-order valence-corrected chi connectivity index (χ3v) is 4.78. The molecule has 14 nitrogen and oxygen atoms in total. The van der Waals surface area contributed by atoms with Gasteiger partial charge in [-0.15, -0.1) is 0 Å². The Morgan fingerprint density at radius 1 is 0.590 bits per heavy atom. The molecule has 14 heteroatoms. The van der Waals surface area contributed by atoms with E-state index in [2.05, 4.69) is 0 Å². The molecule has 2 aliphatic rings. The minimum absolute atomic E-state index is 0.358. The van der Waals surface area contributed by atoms with Gasteiger partial charge in [-0.2, -0.15) is 0 Å². The van der Waals surface area contributed by atoms with Gasteiger partial charge in [0.2, 0.25) is 0 Å². The van der Waals surface area contributed by atoms with E-state index in [0.29, 0.717) is 39.0 Å². The van der Waals surface area contributed by atoms with Gasteiger partial charge in [-0.25, -0.2) is 0 Å². The summed E-state index contributed by atoms with van der Waals surface area (Å²) in [7, 11) is 0. The van der Waals surface area contributed by atoms with E-state index in [4.69, 9.17) is 49.6 Å². The average Bonchev–Trinajstić information content (AvgIpc) is 2.83. The molecule has 0 aliphatic carbocycles. The van der Waals surface area contributed by atoms with Crippen LogP contribution < -0.4 is 0 Å². The Labute approximate surface area is 230 Å². The number of carbonyl (C=O) groups is 2. The van der Waals surface area contributed by atoms with E-state index >= 15 is 0 Å². The molecule has 0 saturated carbocycles. The molecule has 39 heavy (non-hydrogen) atoms. The fourth-order valence-electron chi connectivity index (χ4n) is 2.32. The normalized spacial score (nSPS) is 24.2. The Morgan fingerprint density at radius 3 is 0.897 bits per heavy atom. The molecular formula is C25H50O14. The summed E-state index contributed by atoms with van der Waals surface area (Å²) in [4.78, 5) is 19.2. The van der Waals surface area contributed by atoms with Crippen LogP contribution in [0.1, 0.15) is 55.4 Å². The molecule has 0 aromatic rings. The van der Waals surface area contributed by atoms with Crippen molar-refractivity contribution in [2.45, 2.75) is 96.0 Å². The second kappa shape index (κ2) is 16.3. The number of aliphatic hydroxyl groups is 8. The number of aldehydes is 2. The first-order valence-corrected chi connectivity index (χ1v) is 12.3. The second-order valence-electron chi connectivity index (χ2n) is 12.0. The fourth-order valence-corrected chi connectivity index (χ4v) is 2.32. The molecule has 0 unspecified atom stereocenters. The summed E-state index contributed by atoms with van der Waals surface area (Å²) in [6.45, 7) is 12.0. The van der Waals surface area contributed by atoms with Crippen molar-refractivity contribution >= 4 is 12.6 Å². The average molecular weight is 575 g/mol. The summed E-state index contributed by atoms with van der Waals surface area (Å²) in [6, 6.07) is 0. The molecule has 1 spiro atoms. The molecule has 2 aliphatic heterocycles. The van der Waals surface area contributed by atoms with Crippen molar-refractivity contribution in [3.63, 3.8) is 0 Å². The van der Waals surface area contributed by atoms with Gasteiger partial charge in [-0.3, -0.25) is 0 Å². The maximum Gasteiger partial charge on any atom is 0.185 e. The molecule has 0 bridgehead atoms. The summed E-state index contributed by atoms with van der Waals surface area (Å²) in [5.74, 6) is 0. The highest BCUT2D eigenvalue weighted by Crippen LogP contribution is 2.34. The molecule has 0 aromatic heterocycles. The molecule has 8 N–H and O–H groups in total. The van der Waals surface area contributed by atoms with Crippen LogP contribution in [0.25, 0.3) is 0 Å². The lowest BCUT2D eigenvalue weighted by molar-refractivity contribution is -0.344. The monoisotopic (exact) mass is 574 g/mol. The van der Waals surface area contributed by atoms with Crippen LogP contribution in [0.3, 0.4) is 0 Å². The number of rotatable bonds is 7. The predicted molar refractivity (Wildman–Crippen MR) is 137 cm³/mol. The minimum Gasteiger partial charge on any atom is -0.393 e. The Hall–Kier alpha value is -1.14. The topological polar surface area (TPSA) is 233 Å². The Kier molecular flexibility index (Phi) is 16.8. The molecule has 234 valence electrons. The zero-order valence-electron chi connectivity index (χ0n) is 24.3. The van der Waals surface area contributed by atoms with Crippen LogP contribution in [0.5, 0.6) is 0 Å². The van der Waals surface area contributed by atoms with Gasteiger partial charge in [0.25, 0.3) is 0 Å². The first-order chi connectivity index (χ1) is 17.4. The van der Waals surface area contributed by atoms with Crippen LogP contribution in [0.15, 0.2) is 0 Å². The van der Waals surface area contributed by atoms with Crippen molar-refractivity contribution in [1.82, 2.24) is 0 Å². The molecule has 0 radical (unpaired) electrons. The molecule has 2 fully saturated rings. The number of hydrogen-bond donors (Lipinski definition) is 8. The standard InChI is InChI=1S/C13H24O6.C4H10O4.2C4H8O2/c1-11(2,14)9-16-5-13(6-17-9)7-18-10(19-8-13)12(3,4)15;5-1-4(8,2-6)3-7;2*1-4(2,6)3-5/h9-10,14-15H,5-8H2,1-4H3;5-8H,1-3H2;2*3,6H,1-2H3. The summed E-state index contributed by atoms with van der Waals surface area (Å²) in [5, 5.41) is 69.9. The number of aliphatic hydroxyl groups excluding tert-OH is 3. The van der Waals surface area contributed by atoms with Crippen molar-refractivity contribution in [3.8, 4) is 0 Å². The molecule has 0 atom stereocenters. The van der Waals surface area contributed by atoms with Crippen LogP contribution in [-0.2, 0) is 28.5 Å². The van der Waals surface area contributed by atoms with E-state index in [9.17, 15) is 19.8 Å². The van der Waals surface area contributed by atoms with E-state index in [1.165, 1.54) is 27.7 Å². The van der Waals surface area contributed by atoms with Crippen molar-refractivity contribution in [2.24, 2.45) is 5.41 Å². The van der Waals surface area contributed by atoms with Gasteiger partial charge in [0.15, 0.2) is 25.2 Å². The Morgan fingerprint density at radius 2 is 0.795 bits per heavy atom. The van der Waals surface area contributed by atoms with Gasteiger partial charge in [-0.05, 0) is 55.4 Å². The molecular weight excluding hydrogens is 524 g/mol. The van der Waals surface area contributed by atoms with Crippen molar-refractivity contribution in [1.29, 1.82) is 0 Å². The summed E-state index contributed by atoms with van der Waals surface area (Å²) < 4.78 is 22.2. The highest BCUT2D eigenvalue weighted by Gasteiger charge is 2.47. The smallest absolute Gasteiger partial charge is 0.185 e. The number of ether oxygens (including phenoxy) is 4. The summed E-state index contributed by atoms with van der Waals surface area (Å²) in [5.41, 5.74) is -6.41. The maximum atomic E-state index is 9.83. The summed E-state index contributed by atoms with van der Waals surface area (Å²) in [6.07, 6.45) is -0.282. The largest absolute Gasteiger partial charge is 0.393 e. The van der Waals surface area contributed by atoms with Gasteiger partial charge in [-0.1, -0.05) is 0 Å². The Bertz CT molecular complexity index is 603. The lowest BCUT2D eigenvalue weighted by atomic mass is 9.89. The van der Waals surface area contributed by atoms with Gasteiger partial charge in [0, 0.05) is 0 Å². The maximum absolute atomic E-state index is 9.83. The third-order valence-electron chi connectivity index (χ3n) is 4.78. The predicted octanol–water partition coefficient (Wildman–Crippen LogP) is -2.13. The van der Waals surface area contributed by atoms with E-state index in [-0.39, 0.29) is 5.41 Å². The lowest BCUT2D eigenvalue weighted by Gasteiger charge is -2.47. The second-order valence-corrected chi connectivity index (χ2v) is 12.0. The highest BCUT2D eigenvalue weighted by molar-refractivity contribution is 5.60. The van der Waals surface area contributed by atoms with E-state index in [1.54, 1.807) is 27.7 Å². The van der Waals surface area contributed by atoms with E-state index in [0.717, 1.165) is 0 Å². The zero-order chi connectivity index (χ0) is 31.3. The van der Waals surface area contributed by atoms with Gasteiger partial charge < -0.3 is 69.4 Å². The van der Waals surface area contributed by atoms with Crippen molar-refractivity contribution in [2.75, 3.05) is 46.2 Å². The van der Waals surface area contributed by atoms with Crippen molar-refractivity contribution in [3.05, 3.63) is 0 Å². The quantitative estimate of drug-likeness (QED) is 0.152. The highest BCUT2D eigenvalue weighted by atomic mass is 16.7. The molecule has 0 aromatic carbocycles. The summed E-state index contributed by atoms with van der Waals surface area (Å²) >= 11 is 0. The minimum atomic E-state index is -1.71. The third kappa shape index (κ3) is 18.0. The van der Waals surface area contributed by atoms with Crippen LogP contribution in [-0.4, -0.2) is 140 Å². The van der Waals surface area contributed by atoms with Crippen LogP contribution in [0.2, 0.25) is 0 Å². The van der Waals surface area contributed by atoms with E-state index < -0.39 is 60.4 Å². The molecule has 2 heterocycles. The van der Waals surface area contributed by atoms with Crippen LogP contribution >= 0.6 is 0 Å². The van der Waals surface area contributed by atoms with Gasteiger partial charge in [0.1, 0.15) is 28.0 Å². The SMILES string of the molecule is CC(C)(O)C1OCC2(CO1)COC(C(C)(C)O)OC2.CC(C)(O)C=O.CC(C)(O)C=O.OCC(O)(CO)CO. The lowest BCUT2D eigenvalue weighted by Crippen LogP contribution is -2.58. The van der Waals surface area contributed by atoms with Crippen LogP contribution in [0, 0.1) is 5.41 Å². The number of hydrogen-bond acceptors (Lipinski definition) is 14. The zero-order valence-corrected chi connectivity index (χ0v) is 24.3. The fraction of sp³-hybridized carbons (Fsp3) is 0.920. The van der Waals surface area contributed by atoms with E-state index in [1.807, 2.05) is 0 Å². The molecule has 2 saturated heterocycles. The molecule has 0 amide bonds. The van der Waals surface area contributed by atoms with Gasteiger partial charge >= 0.3 is 0 Å². The van der Waals surface area contributed by atoms with Crippen molar-refractivity contribution < 1.29 is 69.4 Å². The number of carbonyl (C=O) groups excluding carboxylic acids is 2. The first kappa shape index (κ1) is 40.0. The van der Waals surface area contributed by atoms with Crippen LogP contribution in [0.4, 0.5) is 0 Å². The Balaban J connectivity index is 0. The first-order valence-electron chi connectivity index (χ1n) is 12.3. The molecule has 2 rings (SSSR count). The van der Waals surface area contributed by atoms with Gasteiger partial charge in [0.05, 0.1) is 51.7 Å².